The van der Waals surface area contributed by atoms with Crippen LogP contribution in [0.15, 0.2) is 52.0 Å². The maximum Gasteiger partial charge on any atom is 0.338 e. The molecule has 0 radical (unpaired) electrons. The van der Waals surface area contributed by atoms with Crippen LogP contribution in [0, 0.1) is 13.8 Å². The molecule has 0 saturated heterocycles. The second-order valence-corrected chi connectivity index (χ2v) is 6.38. The fraction of sp³-hybridized carbons (Fsp3) is 0.238. The SMILES string of the molecule is CCOC(=O)c1ccc(-c2ccc(C=NNC(=O)Cn3nc(C)cc3C)o2)cc1. The fourth-order valence-electron chi connectivity index (χ4n) is 2.74. The Hall–Kier alpha value is -3.68. The van der Waals surface area contributed by atoms with Gasteiger partial charge in [0, 0.05) is 11.3 Å². The highest BCUT2D eigenvalue weighted by Gasteiger charge is 2.09. The highest BCUT2D eigenvalue weighted by Crippen LogP contribution is 2.22. The van der Waals surface area contributed by atoms with Crippen molar-refractivity contribution in [2.24, 2.45) is 5.10 Å². The van der Waals surface area contributed by atoms with E-state index in [1.54, 1.807) is 48.0 Å². The van der Waals surface area contributed by atoms with Crippen LogP contribution in [0.5, 0.6) is 0 Å². The Balaban J connectivity index is 1.57. The highest BCUT2D eigenvalue weighted by molar-refractivity contribution is 5.90. The number of nitrogens with one attached hydrogen (secondary N) is 1. The number of hydrazone groups is 1. The van der Waals surface area contributed by atoms with E-state index in [1.165, 1.54) is 6.21 Å². The van der Waals surface area contributed by atoms with E-state index in [0.717, 1.165) is 17.0 Å². The Morgan fingerprint density at radius 3 is 2.62 bits per heavy atom. The molecule has 2 aromatic heterocycles. The van der Waals surface area contributed by atoms with Gasteiger partial charge in [0.1, 0.15) is 18.1 Å². The summed E-state index contributed by atoms with van der Waals surface area (Å²) in [6.45, 7) is 5.95. The van der Waals surface area contributed by atoms with Crippen molar-refractivity contribution < 1.29 is 18.7 Å². The van der Waals surface area contributed by atoms with Crippen LogP contribution in [0.4, 0.5) is 0 Å². The molecule has 150 valence electrons. The predicted molar refractivity (Wildman–Crippen MR) is 108 cm³/mol. The van der Waals surface area contributed by atoms with Gasteiger partial charge in [-0.3, -0.25) is 9.48 Å². The number of benzene rings is 1. The summed E-state index contributed by atoms with van der Waals surface area (Å²) in [6.07, 6.45) is 1.43. The molecule has 8 nitrogen and oxygen atoms in total. The number of carbonyl (C=O) groups excluding carboxylic acids is 2. The van der Waals surface area contributed by atoms with Gasteiger partial charge in [-0.05, 0) is 51.1 Å². The number of hydrogen-bond donors (Lipinski definition) is 1. The lowest BCUT2D eigenvalue weighted by atomic mass is 10.1. The summed E-state index contributed by atoms with van der Waals surface area (Å²) in [5.74, 6) is 0.466. The Kier molecular flexibility index (Phi) is 6.23. The van der Waals surface area contributed by atoms with Gasteiger partial charge in [0.05, 0.1) is 24.1 Å². The number of amides is 1. The normalized spacial score (nSPS) is 11.0. The predicted octanol–water partition coefficient (Wildman–Crippen LogP) is 3.09. The molecule has 0 fully saturated rings. The van der Waals surface area contributed by atoms with Crippen molar-refractivity contribution in [2.75, 3.05) is 6.61 Å². The van der Waals surface area contributed by atoms with Gasteiger partial charge in [-0.15, -0.1) is 0 Å². The summed E-state index contributed by atoms with van der Waals surface area (Å²) in [6, 6.07) is 12.4. The smallest absolute Gasteiger partial charge is 0.338 e. The molecule has 1 N–H and O–H groups in total. The molecular formula is C21H22N4O4. The molecule has 8 heteroatoms. The molecule has 3 aromatic rings. The second-order valence-electron chi connectivity index (χ2n) is 6.38. The lowest BCUT2D eigenvalue weighted by molar-refractivity contribution is -0.121. The van der Waals surface area contributed by atoms with Crippen LogP contribution >= 0.6 is 0 Å². The third-order valence-corrected chi connectivity index (χ3v) is 4.09. The van der Waals surface area contributed by atoms with Gasteiger partial charge in [-0.25, -0.2) is 10.2 Å². The van der Waals surface area contributed by atoms with E-state index in [-0.39, 0.29) is 18.4 Å². The van der Waals surface area contributed by atoms with Gasteiger partial charge in [0.15, 0.2) is 0 Å². The standard InChI is InChI=1S/C21H22N4O4/c1-4-28-21(27)17-7-5-16(6-8-17)19-10-9-18(29-19)12-22-23-20(26)13-25-15(3)11-14(2)24-25/h5-12H,4,13H2,1-3H3,(H,23,26). The zero-order valence-electron chi connectivity index (χ0n) is 16.5. The molecule has 29 heavy (non-hydrogen) atoms. The average molecular weight is 394 g/mol. The number of esters is 1. The molecule has 3 rings (SSSR count). The van der Waals surface area contributed by atoms with Gasteiger partial charge in [0.2, 0.25) is 0 Å². The van der Waals surface area contributed by atoms with Gasteiger partial charge in [-0.2, -0.15) is 10.2 Å². The van der Waals surface area contributed by atoms with Crippen LogP contribution in [-0.4, -0.2) is 34.5 Å². The quantitative estimate of drug-likeness (QED) is 0.377. The number of aryl methyl sites for hydroxylation is 2. The topological polar surface area (TPSA) is 98.7 Å². The maximum absolute atomic E-state index is 12.0. The molecule has 1 amide bonds. The highest BCUT2D eigenvalue weighted by atomic mass is 16.5. The van der Waals surface area contributed by atoms with Gasteiger partial charge in [0.25, 0.3) is 5.91 Å². The van der Waals surface area contributed by atoms with E-state index in [2.05, 4.69) is 15.6 Å². The van der Waals surface area contributed by atoms with Crippen LogP contribution < -0.4 is 5.43 Å². The summed E-state index contributed by atoms with van der Waals surface area (Å²) in [5, 5.41) is 8.16. The summed E-state index contributed by atoms with van der Waals surface area (Å²) in [4.78, 5) is 23.7. The van der Waals surface area contributed by atoms with Crippen molar-refractivity contribution in [3.05, 3.63) is 65.2 Å². The molecule has 0 saturated carbocycles. The van der Waals surface area contributed by atoms with Crippen molar-refractivity contribution in [3.8, 4) is 11.3 Å². The average Bonchev–Trinajstić information content (AvgIpc) is 3.28. The second kappa shape index (κ2) is 9.01. The third kappa shape index (κ3) is 5.19. The van der Waals surface area contributed by atoms with Crippen LogP contribution in [0.2, 0.25) is 0 Å². The summed E-state index contributed by atoms with van der Waals surface area (Å²) < 4.78 is 12.3. The zero-order valence-corrected chi connectivity index (χ0v) is 16.5. The van der Waals surface area contributed by atoms with Crippen molar-refractivity contribution in [2.45, 2.75) is 27.3 Å². The van der Waals surface area contributed by atoms with E-state index in [0.29, 0.717) is 23.7 Å². The van der Waals surface area contributed by atoms with E-state index in [4.69, 9.17) is 9.15 Å². The van der Waals surface area contributed by atoms with Crippen LogP contribution in [0.3, 0.4) is 0 Å². The molecule has 0 atom stereocenters. The van der Waals surface area contributed by atoms with Gasteiger partial charge >= 0.3 is 5.97 Å². The van der Waals surface area contributed by atoms with E-state index >= 15 is 0 Å². The Labute approximate surface area is 168 Å². The zero-order chi connectivity index (χ0) is 20.8. The van der Waals surface area contributed by atoms with Gasteiger partial charge < -0.3 is 9.15 Å². The first-order valence-corrected chi connectivity index (χ1v) is 9.16. The van der Waals surface area contributed by atoms with Crippen molar-refractivity contribution >= 4 is 18.1 Å². The minimum atomic E-state index is -0.359. The largest absolute Gasteiger partial charge is 0.462 e. The number of rotatable bonds is 7. The number of ether oxygens (including phenoxy) is 1. The number of nitrogens with zero attached hydrogens (tertiary/aromatic N) is 3. The Morgan fingerprint density at radius 2 is 1.97 bits per heavy atom. The lowest BCUT2D eigenvalue weighted by Gasteiger charge is -2.02. The minimum Gasteiger partial charge on any atom is -0.462 e. The summed E-state index contributed by atoms with van der Waals surface area (Å²) in [5.41, 5.74) is 5.51. The third-order valence-electron chi connectivity index (χ3n) is 4.09. The molecule has 2 heterocycles. The molecule has 0 aliphatic rings. The van der Waals surface area contributed by atoms with Crippen molar-refractivity contribution in [1.29, 1.82) is 0 Å². The van der Waals surface area contributed by atoms with Crippen molar-refractivity contribution in [3.63, 3.8) is 0 Å². The molecular weight excluding hydrogens is 372 g/mol. The lowest BCUT2D eigenvalue weighted by Crippen LogP contribution is -2.24. The van der Waals surface area contributed by atoms with Crippen LogP contribution in [0.1, 0.15) is 34.4 Å². The van der Waals surface area contributed by atoms with Crippen LogP contribution in [0.25, 0.3) is 11.3 Å². The molecule has 1 aromatic carbocycles. The number of carbonyl (C=O) groups is 2. The number of hydrogen-bond acceptors (Lipinski definition) is 6. The minimum absolute atomic E-state index is 0.0905. The molecule has 0 aliphatic carbocycles. The first-order valence-electron chi connectivity index (χ1n) is 9.16. The van der Waals surface area contributed by atoms with E-state index in [9.17, 15) is 9.59 Å². The Bertz CT molecular complexity index is 1030. The molecule has 0 bridgehead atoms. The molecule has 0 aliphatic heterocycles. The molecule has 0 unspecified atom stereocenters. The van der Waals surface area contributed by atoms with Crippen molar-refractivity contribution in [1.82, 2.24) is 15.2 Å². The Morgan fingerprint density at radius 1 is 1.21 bits per heavy atom. The maximum atomic E-state index is 12.0. The van der Waals surface area contributed by atoms with Crippen LogP contribution in [-0.2, 0) is 16.1 Å². The number of furan rings is 1. The molecule has 0 spiro atoms. The summed E-state index contributed by atoms with van der Waals surface area (Å²) >= 11 is 0. The first-order chi connectivity index (χ1) is 14.0. The van der Waals surface area contributed by atoms with E-state index in [1.807, 2.05) is 19.9 Å². The van der Waals surface area contributed by atoms with E-state index < -0.39 is 0 Å². The van der Waals surface area contributed by atoms with Gasteiger partial charge in [-0.1, -0.05) is 12.1 Å². The first kappa shape index (κ1) is 20.1. The summed E-state index contributed by atoms with van der Waals surface area (Å²) in [7, 11) is 0. The number of aromatic nitrogens is 2. The fourth-order valence-corrected chi connectivity index (χ4v) is 2.74. The monoisotopic (exact) mass is 394 g/mol.